The van der Waals surface area contributed by atoms with Gasteiger partial charge in [-0.05, 0) is 44.2 Å². The van der Waals surface area contributed by atoms with Gasteiger partial charge in [0.25, 0.3) is 0 Å². The van der Waals surface area contributed by atoms with E-state index in [1.54, 1.807) is 6.07 Å². The number of aromatic nitrogens is 1. The van der Waals surface area contributed by atoms with Gasteiger partial charge in [0.05, 0.1) is 23.0 Å². The van der Waals surface area contributed by atoms with E-state index in [4.69, 9.17) is 5.26 Å². The summed E-state index contributed by atoms with van der Waals surface area (Å²) in [5.41, 5.74) is 4.46. The van der Waals surface area contributed by atoms with Crippen molar-refractivity contribution in [3.05, 3.63) is 53.3 Å². The van der Waals surface area contributed by atoms with Gasteiger partial charge in [0, 0.05) is 11.4 Å². The number of aryl methyl sites for hydroxylation is 2. The molecule has 2 rings (SSSR count). The van der Waals surface area contributed by atoms with Crippen molar-refractivity contribution in [2.45, 2.75) is 13.8 Å². The summed E-state index contributed by atoms with van der Waals surface area (Å²) in [6.07, 6.45) is 0. The van der Waals surface area contributed by atoms with E-state index < -0.39 is 0 Å². The Kier molecular flexibility index (Phi) is 3.06. The summed E-state index contributed by atoms with van der Waals surface area (Å²) in [7, 11) is 0. The highest BCUT2D eigenvalue weighted by atomic mass is 14.9. The molecule has 2 aromatic rings. The average molecular weight is 223 g/mol. The van der Waals surface area contributed by atoms with Gasteiger partial charge >= 0.3 is 0 Å². The Bertz CT molecular complexity index is 582. The number of hydrogen-bond acceptors (Lipinski definition) is 3. The summed E-state index contributed by atoms with van der Waals surface area (Å²) in [6.45, 7) is 3.93. The summed E-state index contributed by atoms with van der Waals surface area (Å²) in [5, 5.41) is 12.1. The predicted octanol–water partition coefficient (Wildman–Crippen LogP) is 3.31. The van der Waals surface area contributed by atoms with Gasteiger partial charge in [-0.25, -0.2) is 0 Å². The second-order valence-corrected chi connectivity index (χ2v) is 3.90. The maximum absolute atomic E-state index is 8.83. The number of nitrogens with zero attached hydrogens (tertiary/aromatic N) is 2. The minimum atomic E-state index is 0.646. The van der Waals surface area contributed by atoms with Crippen molar-refractivity contribution in [2.75, 3.05) is 5.32 Å². The molecule has 0 atom stereocenters. The lowest BCUT2D eigenvalue weighted by molar-refractivity contribution is 1.12. The Labute approximate surface area is 101 Å². The van der Waals surface area contributed by atoms with Gasteiger partial charge in [-0.3, -0.25) is 4.98 Å². The molecule has 3 nitrogen and oxygen atoms in total. The van der Waals surface area contributed by atoms with Crippen LogP contribution in [0.4, 0.5) is 11.4 Å². The zero-order valence-corrected chi connectivity index (χ0v) is 9.86. The van der Waals surface area contributed by atoms with Gasteiger partial charge in [-0.2, -0.15) is 5.26 Å². The van der Waals surface area contributed by atoms with E-state index in [1.807, 2.05) is 44.2 Å². The van der Waals surface area contributed by atoms with E-state index in [9.17, 15) is 0 Å². The van der Waals surface area contributed by atoms with Crippen LogP contribution in [0.2, 0.25) is 0 Å². The molecule has 0 spiro atoms. The molecule has 17 heavy (non-hydrogen) atoms. The largest absolute Gasteiger partial charge is 0.354 e. The molecule has 0 fully saturated rings. The van der Waals surface area contributed by atoms with E-state index in [-0.39, 0.29) is 0 Å². The number of anilines is 2. The molecule has 0 bridgehead atoms. The first-order valence-electron chi connectivity index (χ1n) is 5.40. The van der Waals surface area contributed by atoms with Crippen LogP contribution in [0.15, 0.2) is 36.4 Å². The van der Waals surface area contributed by atoms with E-state index in [2.05, 4.69) is 16.4 Å². The molecule has 0 radical (unpaired) electrons. The van der Waals surface area contributed by atoms with Crippen molar-refractivity contribution >= 4 is 11.4 Å². The number of rotatable bonds is 2. The summed E-state index contributed by atoms with van der Waals surface area (Å²) >= 11 is 0. The Balaban J connectivity index is 2.28. The van der Waals surface area contributed by atoms with Crippen molar-refractivity contribution in [1.29, 1.82) is 5.26 Å². The first-order chi connectivity index (χ1) is 8.19. The van der Waals surface area contributed by atoms with Crippen LogP contribution in [-0.4, -0.2) is 4.98 Å². The Morgan fingerprint density at radius 3 is 2.71 bits per heavy atom. The molecular weight excluding hydrogens is 210 g/mol. The molecule has 0 saturated heterocycles. The lowest BCUT2D eigenvalue weighted by Crippen LogP contribution is -1.96. The van der Waals surface area contributed by atoms with Gasteiger partial charge in [-0.15, -0.1) is 0 Å². The molecule has 0 saturated carbocycles. The number of benzene rings is 1. The maximum Gasteiger partial charge on any atom is 0.0992 e. The molecule has 0 unspecified atom stereocenters. The highest BCUT2D eigenvalue weighted by molar-refractivity contribution is 5.63. The first-order valence-corrected chi connectivity index (χ1v) is 5.40. The van der Waals surface area contributed by atoms with Crippen LogP contribution in [0.3, 0.4) is 0 Å². The van der Waals surface area contributed by atoms with E-state index in [0.29, 0.717) is 5.56 Å². The zero-order chi connectivity index (χ0) is 12.3. The summed E-state index contributed by atoms with van der Waals surface area (Å²) < 4.78 is 0. The predicted molar refractivity (Wildman–Crippen MR) is 68.2 cm³/mol. The quantitative estimate of drug-likeness (QED) is 0.849. The molecule has 0 aliphatic rings. The SMILES string of the molecule is Cc1ccc(Nc2cccc(C#N)c2)c(C)n1. The fraction of sp³-hybridized carbons (Fsp3) is 0.143. The number of nitrogens with one attached hydrogen (secondary N) is 1. The lowest BCUT2D eigenvalue weighted by atomic mass is 10.2. The van der Waals surface area contributed by atoms with Gasteiger partial charge in [0.15, 0.2) is 0 Å². The van der Waals surface area contributed by atoms with Crippen LogP contribution < -0.4 is 5.32 Å². The molecular formula is C14H13N3. The van der Waals surface area contributed by atoms with E-state index in [0.717, 1.165) is 22.8 Å². The monoisotopic (exact) mass is 223 g/mol. The van der Waals surface area contributed by atoms with Gasteiger partial charge in [0.2, 0.25) is 0 Å². The third-order valence-corrected chi connectivity index (χ3v) is 2.50. The second kappa shape index (κ2) is 4.67. The highest BCUT2D eigenvalue weighted by Gasteiger charge is 2.01. The third kappa shape index (κ3) is 2.61. The lowest BCUT2D eigenvalue weighted by Gasteiger charge is -2.09. The highest BCUT2D eigenvalue weighted by Crippen LogP contribution is 2.20. The minimum Gasteiger partial charge on any atom is -0.354 e. The number of nitriles is 1. The van der Waals surface area contributed by atoms with E-state index >= 15 is 0 Å². The first kappa shape index (κ1) is 11.2. The third-order valence-electron chi connectivity index (χ3n) is 2.50. The van der Waals surface area contributed by atoms with Gasteiger partial charge in [-0.1, -0.05) is 6.07 Å². The topological polar surface area (TPSA) is 48.7 Å². The van der Waals surface area contributed by atoms with Gasteiger partial charge in [0.1, 0.15) is 0 Å². The van der Waals surface area contributed by atoms with Crippen molar-refractivity contribution in [1.82, 2.24) is 4.98 Å². The smallest absolute Gasteiger partial charge is 0.0992 e. The van der Waals surface area contributed by atoms with Crippen molar-refractivity contribution in [3.63, 3.8) is 0 Å². The molecule has 1 heterocycles. The molecule has 1 N–H and O–H groups in total. The Hall–Kier alpha value is -2.34. The molecule has 84 valence electrons. The minimum absolute atomic E-state index is 0.646. The fourth-order valence-corrected chi connectivity index (χ4v) is 1.64. The molecule has 1 aromatic carbocycles. The van der Waals surface area contributed by atoms with Crippen LogP contribution in [0, 0.1) is 25.2 Å². The fourth-order valence-electron chi connectivity index (χ4n) is 1.64. The van der Waals surface area contributed by atoms with Crippen molar-refractivity contribution < 1.29 is 0 Å². The van der Waals surface area contributed by atoms with Crippen LogP contribution in [0.25, 0.3) is 0 Å². The molecule has 0 aliphatic carbocycles. The zero-order valence-electron chi connectivity index (χ0n) is 9.86. The normalized spacial score (nSPS) is 9.71. The molecule has 0 aliphatic heterocycles. The van der Waals surface area contributed by atoms with Crippen LogP contribution in [0.5, 0.6) is 0 Å². The second-order valence-electron chi connectivity index (χ2n) is 3.90. The maximum atomic E-state index is 8.83. The van der Waals surface area contributed by atoms with Crippen LogP contribution in [-0.2, 0) is 0 Å². The number of hydrogen-bond donors (Lipinski definition) is 1. The average Bonchev–Trinajstić information content (AvgIpc) is 2.33. The van der Waals surface area contributed by atoms with Gasteiger partial charge < -0.3 is 5.32 Å². The Morgan fingerprint density at radius 2 is 2.00 bits per heavy atom. The molecule has 0 amide bonds. The van der Waals surface area contributed by atoms with Crippen molar-refractivity contribution in [2.24, 2.45) is 0 Å². The molecule has 3 heteroatoms. The van der Waals surface area contributed by atoms with E-state index in [1.165, 1.54) is 0 Å². The summed E-state index contributed by atoms with van der Waals surface area (Å²) in [4.78, 5) is 4.38. The Morgan fingerprint density at radius 1 is 1.18 bits per heavy atom. The number of pyridine rings is 1. The summed E-state index contributed by atoms with van der Waals surface area (Å²) in [6, 6.07) is 13.5. The van der Waals surface area contributed by atoms with Crippen LogP contribution in [0.1, 0.15) is 17.0 Å². The van der Waals surface area contributed by atoms with Crippen molar-refractivity contribution in [3.8, 4) is 6.07 Å². The summed E-state index contributed by atoms with van der Waals surface area (Å²) in [5.74, 6) is 0. The molecule has 1 aromatic heterocycles. The standard InChI is InChI=1S/C14H13N3/c1-10-6-7-14(11(2)16-10)17-13-5-3-4-12(8-13)9-15/h3-8,17H,1-2H3. The van der Waals surface area contributed by atoms with Crippen LogP contribution >= 0.6 is 0 Å².